The number of likely N-dealkylation sites (tertiary alicyclic amines) is 1. The SMILES string of the molecule is CCCC1(C(=O)O)CCCN1C(=O)N(CC)CC(F)(F)F. The molecule has 0 aromatic rings. The minimum atomic E-state index is -4.50. The van der Waals surface area contributed by atoms with Crippen molar-refractivity contribution < 1.29 is 27.9 Å². The summed E-state index contributed by atoms with van der Waals surface area (Å²) in [7, 11) is 0. The topological polar surface area (TPSA) is 60.9 Å². The smallest absolute Gasteiger partial charge is 0.406 e. The Hall–Kier alpha value is -1.47. The summed E-state index contributed by atoms with van der Waals surface area (Å²) in [6, 6.07) is -0.844. The molecule has 0 aromatic heterocycles. The molecule has 0 spiro atoms. The summed E-state index contributed by atoms with van der Waals surface area (Å²) >= 11 is 0. The zero-order valence-electron chi connectivity index (χ0n) is 12.2. The van der Waals surface area contributed by atoms with Crippen LogP contribution in [-0.2, 0) is 4.79 Å². The van der Waals surface area contributed by atoms with Crippen molar-refractivity contribution in [2.75, 3.05) is 19.6 Å². The average Bonchev–Trinajstić information content (AvgIpc) is 2.79. The Morgan fingerprint density at radius 3 is 2.38 bits per heavy atom. The van der Waals surface area contributed by atoms with Gasteiger partial charge in [-0.1, -0.05) is 13.3 Å². The molecule has 1 rings (SSSR count). The monoisotopic (exact) mass is 310 g/mol. The van der Waals surface area contributed by atoms with Crippen molar-refractivity contribution in [3.05, 3.63) is 0 Å². The van der Waals surface area contributed by atoms with Crippen molar-refractivity contribution in [3.63, 3.8) is 0 Å². The first kappa shape index (κ1) is 17.6. The van der Waals surface area contributed by atoms with Crippen molar-refractivity contribution in [2.45, 2.75) is 51.2 Å². The van der Waals surface area contributed by atoms with Crippen molar-refractivity contribution in [1.29, 1.82) is 0 Å². The fourth-order valence-electron chi connectivity index (χ4n) is 2.86. The molecule has 5 nitrogen and oxygen atoms in total. The summed E-state index contributed by atoms with van der Waals surface area (Å²) in [5.41, 5.74) is -1.37. The standard InChI is InChI=1S/C13H21F3N2O3/c1-3-6-12(10(19)20)7-5-8-18(12)11(21)17(4-2)9-13(14,15)16/h3-9H2,1-2H3,(H,19,20). The Labute approximate surface area is 121 Å². The molecule has 0 radical (unpaired) electrons. The maximum atomic E-state index is 12.5. The zero-order valence-corrected chi connectivity index (χ0v) is 12.2. The van der Waals surface area contributed by atoms with Crippen LogP contribution >= 0.6 is 0 Å². The lowest BCUT2D eigenvalue weighted by Gasteiger charge is -2.38. The lowest BCUT2D eigenvalue weighted by Crippen LogP contribution is -2.57. The van der Waals surface area contributed by atoms with Crippen LogP contribution in [0.25, 0.3) is 0 Å². The molecule has 0 bridgehead atoms. The second kappa shape index (κ2) is 6.53. The summed E-state index contributed by atoms with van der Waals surface area (Å²) in [6.07, 6.45) is -2.94. The van der Waals surface area contributed by atoms with Gasteiger partial charge >= 0.3 is 18.2 Å². The molecule has 1 unspecified atom stereocenters. The molecular formula is C13H21F3N2O3. The molecule has 1 atom stereocenters. The molecular weight excluding hydrogens is 289 g/mol. The number of alkyl halides is 3. The molecule has 1 N–H and O–H groups in total. The Bertz CT molecular complexity index is 401. The van der Waals surface area contributed by atoms with Crippen LogP contribution in [0.15, 0.2) is 0 Å². The average molecular weight is 310 g/mol. The van der Waals surface area contributed by atoms with Crippen LogP contribution < -0.4 is 0 Å². The summed E-state index contributed by atoms with van der Waals surface area (Å²) < 4.78 is 37.5. The Kier molecular flexibility index (Phi) is 5.47. The van der Waals surface area contributed by atoms with Gasteiger partial charge in [-0.3, -0.25) is 0 Å². The first-order chi connectivity index (χ1) is 9.68. The second-order valence-corrected chi connectivity index (χ2v) is 5.25. The number of rotatable bonds is 5. The quantitative estimate of drug-likeness (QED) is 0.849. The van der Waals surface area contributed by atoms with E-state index >= 15 is 0 Å². The number of hydrogen-bond donors (Lipinski definition) is 1. The minimum absolute atomic E-state index is 0.114. The van der Waals surface area contributed by atoms with E-state index < -0.39 is 30.3 Å². The van der Waals surface area contributed by atoms with Gasteiger partial charge in [-0.2, -0.15) is 13.2 Å². The molecule has 0 saturated carbocycles. The van der Waals surface area contributed by atoms with Gasteiger partial charge in [-0.15, -0.1) is 0 Å². The zero-order chi connectivity index (χ0) is 16.3. The predicted molar refractivity (Wildman–Crippen MR) is 69.9 cm³/mol. The van der Waals surface area contributed by atoms with Gasteiger partial charge in [0.1, 0.15) is 12.1 Å². The fraction of sp³-hybridized carbons (Fsp3) is 0.846. The number of carbonyl (C=O) groups is 2. The molecule has 122 valence electrons. The van der Waals surface area contributed by atoms with E-state index in [1.807, 2.05) is 0 Å². The summed E-state index contributed by atoms with van der Waals surface area (Å²) in [5, 5.41) is 9.47. The van der Waals surface area contributed by atoms with Gasteiger partial charge < -0.3 is 14.9 Å². The second-order valence-electron chi connectivity index (χ2n) is 5.25. The van der Waals surface area contributed by atoms with Crippen molar-refractivity contribution >= 4 is 12.0 Å². The largest absolute Gasteiger partial charge is 0.479 e. The highest BCUT2D eigenvalue weighted by atomic mass is 19.4. The number of nitrogens with zero attached hydrogens (tertiary/aromatic N) is 2. The van der Waals surface area contributed by atoms with E-state index in [1.165, 1.54) is 6.92 Å². The number of aliphatic carboxylic acids is 1. The van der Waals surface area contributed by atoms with Gasteiger partial charge in [0.05, 0.1) is 0 Å². The third kappa shape index (κ3) is 3.79. The van der Waals surface area contributed by atoms with Gasteiger partial charge in [-0.25, -0.2) is 9.59 Å². The van der Waals surface area contributed by atoms with Gasteiger partial charge in [0, 0.05) is 13.1 Å². The summed E-state index contributed by atoms with van der Waals surface area (Å²) in [5.74, 6) is -1.14. The van der Waals surface area contributed by atoms with Crippen molar-refractivity contribution in [1.82, 2.24) is 9.80 Å². The van der Waals surface area contributed by atoms with E-state index in [9.17, 15) is 27.9 Å². The van der Waals surface area contributed by atoms with Gasteiger partial charge in [0.25, 0.3) is 0 Å². The highest BCUT2D eigenvalue weighted by molar-refractivity contribution is 5.87. The number of halogens is 3. The number of hydrogen-bond acceptors (Lipinski definition) is 2. The number of amides is 2. The van der Waals surface area contributed by atoms with Crippen LogP contribution in [0.2, 0.25) is 0 Å². The molecule has 1 heterocycles. The lowest BCUT2D eigenvalue weighted by atomic mass is 9.91. The van der Waals surface area contributed by atoms with Crippen LogP contribution in [0.3, 0.4) is 0 Å². The normalized spacial score (nSPS) is 22.4. The molecule has 1 fully saturated rings. The Morgan fingerprint density at radius 2 is 1.95 bits per heavy atom. The highest BCUT2D eigenvalue weighted by Crippen LogP contribution is 2.35. The molecule has 0 aliphatic carbocycles. The molecule has 0 aromatic carbocycles. The minimum Gasteiger partial charge on any atom is -0.479 e. The predicted octanol–water partition coefficient (Wildman–Crippen LogP) is 2.71. The summed E-state index contributed by atoms with van der Waals surface area (Å²) in [6.45, 7) is 1.94. The van der Waals surface area contributed by atoms with Crippen LogP contribution in [0.5, 0.6) is 0 Å². The van der Waals surface area contributed by atoms with Gasteiger partial charge in [0.15, 0.2) is 0 Å². The number of carboxylic acids is 1. The van der Waals surface area contributed by atoms with E-state index in [0.717, 1.165) is 4.90 Å². The fourth-order valence-corrected chi connectivity index (χ4v) is 2.86. The molecule has 1 aliphatic rings. The molecule has 2 amide bonds. The van der Waals surface area contributed by atoms with E-state index in [4.69, 9.17) is 0 Å². The lowest BCUT2D eigenvalue weighted by molar-refractivity contribution is -0.150. The number of urea groups is 1. The number of carbonyl (C=O) groups excluding carboxylic acids is 1. The molecule has 1 saturated heterocycles. The Morgan fingerprint density at radius 1 is 1.33 bits per heavy atom. The van der Waals surface area contributed by atoms with E-state index in [2.05, 4.69) is 0 Å². The molecule has 8 heteroatoms. The first-order valence-electron chi connectivity index (χ1n) is 7.04. The van der Waals surface area contributed by atoms with Gasteiger partial charge in [0.2, 0.25) is 0 Å². The van der Waals surface area contributed by atoms with Gasteiger partial charge in [-0.05, 0) is 26.2 Å². The van der Waals surface area contributed by atoms with E-state index in [1.54, 1.807) is 6.92 Å². The Balaban J connectivity index is 2.99. The highest BCUT2D eigenvalue weighted by Gasteiger charge is 2.50. The number of carboxylic acid groups (broad SMARTS) is 1. The summed E-state index contributed by atoms with van der Waals surface area (Å²) in [4.78, 5) is 25.7. The maximum absolute atomic E-state index is 12.5. The van der Waals surface area contributed by atoms with E-state index in [-0.39, 0.29) is 25.9 Å². The van der Waals surface area contributed by atoms with Crippen LogP contribution in [0, 0.1) is 0 Å². The van der Waals surface area contributed by atoms with Crippen LogP contribution in [0.4, 0.5) is 18.0 Å². The first-order valence-corrected chi connectivity index (χ1v) is 7.04. The third-order valence-corrected chi connectivity index (χ3v) is 3.80. The maximum Gasteiger partial charge on any atom is 0.406 e. The third-order valence-electron chi connectivity index (χ3n) is 3.80. The van der Waals surface area contributed by atoms with E-state index in [0.29, 0.717) is 17.7 Å². The van der Waals surface area contributed by atoms with Crippen LogP contribution in [-0.4, -0.2) is 58.3 Å². The van der Waals surface area contributed by atoms with Crippen LogP contribution in [0.1, 0.15) is 39.5 Å². The van der Waals surface area contributed by atoms with Crippen molar-refractivity contribution in [3.8, 4) is 0 Å². The van der Waals surface area contributed by atoms with Crippen molar-refractivity contribution in [2.24, 2.45) is 0 Å². The molecule has 1 aliphatic heterocycles. The molecule has 21 heavy (non-hydrogen) atoms.